The van der Waals surface area contributed by atoms with Crippen LogP contribution in [0.1, 0.15) is 16.2 Å². The minimum atomic E-state index is -0.751. The zero-order chi connectivity index (χ0) is 18.6. The Hall–Kier alpha value is -1.60. The van der Waals surface area contributed by atoms with E-state index in [2.05, 4.69) is 24.0 Å². The molecule has 1 saturated heterocycles. The summed E-state index contributed by atoms with van der Waals surface area (Å²) in [5, 5.41) is 0.603. The van der Waals surface area contributed by atoms with Gasteiger partial charge in [-0.25, -0.2) is 0 Å². The number of benzene rings is 1. The number of nitrogens with two attached hydrogens (primary N) is 1. The second-order valence-corrected chi connectivity index (χ2v) is 8.45. The topological polar surface area (TPSA) is 64.8 Å². The van der Waals surface area contributed by atoms with Gasteiger partial charge in [0.15, 0.2) is 0 Å². The van der Waals surface area contributed by atoms with Gasteiger partial charge >= 0.3 is 0 Å². The summed E-state index contributed by atoms with van der Waals surface area (Å²) in [5.74, 6) is 0.254. The molecule has 3 rings (SSSR count). The van der Waals surface area contributed by atoms with Gasteiger partial charge in [0.2, 0.25) is 5.91 Å². The first kappa shape index (κ1) is 19.2. The lowest BCUT2D eigenvalue weighted by atomic mass is 9.97. The van der Waals surface area contributed by atoms with Crippen molar-refractivity contribution in [1.82, 2.24) is 4.90 Å². The Morgan fingerprint density at radius 2 is 2.27 bits per heavy atom. The maximum atomic E-state index is 11.7. The van der Waals surface area contributed by atoms with Crippen molar-refractivity contribution in [3.8, 4) is 5.75 Å². The minimum absolute atomic E-state index is 0.119. The number of aryl methyl sites for hydroxylation is 1. The molecule has 2 aromatic rings. The fourth-order valence-corrected chi connectivity index (χ4v) is 4.30. The summed E-state index contributed by atoms with van der Waals surface area (Å²) in [6.07, 6.45) is 0.119. The lowest BCUT2D eigenvalue weighted by Crippen LogP contribution is -2.56. The van der Waals surface area contributed by atoms with Crippen LogP contribution < -0.4 is 10.5 Å². The van der Waals surface area contributed by atoms with Gasteiger partial charge in [-0.3, -0.25) is 9.69 Å². The van der Waals surface area contributed by atoms with Crippen molar-refractivity contribution in [3.05, 3.63) is 51.2 Å². The highest BCUT2D eigenvalue weighted by Gasteiger charge is 2.39. The van der Waals surface area contributed by atoms with Crippen LogP contribution in [0.5, 0.6) is 5.75 Å². The van der Waals surface area contributed by atoms with Gasteiger partial charge in [-0.1, -0.05) is 17.7 Å². The number of primary amides is 1. The first-order valence-electron chi connectivity index (χ1n) is 8.52. The second kappa shape index (κ2) is 8.39. The Bertz CT molecular complexity index is 767. The smallest absolute Gasteiger partial charge is 0.220 e. The largest absolute Gasteiger partial charge is 0.490 e. The lowest BCUT2D eigenvalue weighted by molar-refractivity contribution is -0.148. The molecule has 1 aliphatic rings. The van der Waals surface area contributed by atoms with Gasteiger partial charge in [0.25, 0.3) is 0 Å². The van der Waals surface area contributed by atoms with Gasteiger partial charge in [0.05, 0.1) is 13.0 Å². The molecule has 0 saturated carbocycles. The molecule has 0 aliphatic carbocycles. The zero-order valence-corrected chi connectivity index (χ0v) is 16.3. The molecule has 0 unspecified atom stereocenters. The summed E-state index contributed by atoms with van der Waals surface area (Å²) >= 11 is 7.80. The van der Waals surface area contributed by atoms with E-state index in [9.17, 15) is 4.79 Å². The van der Waals surface area contributed by atoms with E-state index in [4.69, 9.17) is 26.8 Å². The number of amides is 1. The molecule has 0 bridgehead atoms. The molecule has 1 aliphatic heterocycles. The van der Waals surface area contributed by atoms with Crippen LogP contribution in [-0.2, 0) is 16.1 Å². The number of ether oxygens (including phenoxy) is 2. The Balaban J connectivity index is 1.69. The van der Waals surface area contributed by atoms with Gasteiger partial charge in [-0.05, 0) is 37.3 Å². The van der Waals surface area contributed by atoms with E-state index in [-0.39, 0.29) is 13.0 Å². The van der Waals surface area contributed by atoms with Crippen molar-refractivity contribution in [2.24, 2.45) is 5.73 Å². The molecule has 5 nitrogen and oxygen atoms in total. The van der Waals surface area contributed by atoms with E-state index in [1.54, 1.807) is 23.5 Å². The maximum absolute atomic E-state index is 11.7. The van der Waals surface area contributed by atoms with Crippen molar-refractivity contribution in [1.29, 1.82) is 0 Å². The first-order valence-corrected chi connectivity index (χ1v) is 9.72. The van der Waals surface area contributed by atoms with Crippen LogP contribution in [0.4, 0.5) is 0 Å². The molecular weight excluding hydrogens is 372 g/mol. The quantitative estimate of drug-likeness (QED) is 0.783. The van der Waals surface area contributed by atoms with E-state index in [1.807, 2.05) is 12.1 Å². The van der Waals surface area contributed by atoms with Gasteiger partial charge in [0, 0.05) is 34.4 Å². The van der Waals surface area contributed by atoms with Crippen LogP contribution in [-0.4, -0.2) is 42.7 Å². The highest BCUT2D eigenvalue weighted by Crippen LogP contribution is 2.27. The zero-order valence-electron chi connectivity index (χ0n) is 14.7. The van der Waals surface area contributed by atoms with E-state index in [1.165, 1.54) is 9.75 Å². The molecule has 1 aromatic carbocycles. The number of carbonyl (C=O) groups excluding carboxylic acids is 1. The molecule has 26 heavy (non-hydrogen) atoms. The predicted octanol–water partition coefficient (Wildman–Crippen LogP) is 3.24. The number of rotatable bonds is 7. The van der Waals surface area contributed by atoms with E-state index < -0.39 is 11.5 Å². The summed E-state index contributed by atoms with van der Waals surface area (Å²) < 4.78 is 11.9. The molecule has 7 heteroatoms. The van der Waals surface area contributed by atoms with Gasteiger partial charge in [0.1, 0.15) is 18.0 Å². The third-order valence-electron chi connectivity index (χ3n) is 4.30. The number of carbonyl (C=O) groups is 1. The molecular formula is C19H23ClN2O3S. The number of thiophene rings is 1. The van der Waals surface area contributed by atoms with Crippen molar-refractivity contribution < 1.29 is 14.3 Å². The summed E-state index contributed by atoms with van der Waals surface area (Å²) in [6.45, 7) is 5.12. The highest BCUT2D eigenvalue weighted by molar-refractivity contribution is 7.11. The van der Waals surface area contributed by atoms with Crippen molar-refractivity contribution in [2.75, 3.05) is 26.3 Å². The lowest BCUT2D eigenvalue weighted by Gasteiger charge is -2.41. The molecule has 0 radical (unpaired) electrons. The van der Waals surface area contributed by atoms with Gasteiger partial charge in [-0.2, -0.15) is 0 Å². The summed E-state index contributed by atoms with van der Waals surface area (Å²) in [5.41, 5.74) is 4.74. The van der Waals surface area contributed by atoms with Crippen molar-refractivity contribution >= 4 is 28.8 Å². The number of nitrogens with zero attached hydrogens (tertiary/aromatic N) is 1. The molecule has 1 fully saturated rings. The number of morpholine rings is 1. The minimum Gasteiger partial charge on any atom is -0.490 e. The molecule has 1 aromatic heterocycles. The van der Waals surface area contributed by atoms with Crippen LogP contribution in [0, 0.1) is 6.92 Å². The van der Waals surface area contributed by atoms with Gasteiger partial charge < -0.3 is 15.2 Å². The van der Waals surface area contributed by atoms with E-state index in [0.29, 0.717) is 23.9 Å². The van der Waals surface area contributed by atoms with Crippen LogP contribution >= 0.6 is 22.9 Å². The third-order valence-corrected chi connectivity index (χ3v) is 5.52. The highest BCUT2D eigenvalue weighted by atomic mass is 35.5. The summed E-state index contributed by atoms with van der Waals surface area (Å²) in [6, 6.07) is 11.5. The average Bonchev–Trinajstić information content (AvgIpc) is 2.98. The maximum Gasteiger partial charge on any atom is 0.220 e. The summed E-state index contributed by atoms with van der Waals surface area (Å²) in [4.78, 5) is 16.5. The molecule has 1 atom stereocenters. The monoisotopic (exact) mass is 394 g/mol. The third kappa shape index (κ3) is 5.20. The van der Waals surface area contributed by atoms with Crippen LogP contribution in [0.3, 0.4) is 0 Å². The average molecular weight is 395 g/mol. The Morgan fingerprint density at radius 1 is 1.42 bits per heavy atom. The fourth-order valence-electron chi connectivity index (χ4n) is 3.18. The number of hydrogen-bond donors (Lipinski definition) is 1. The van der Waals surface area contributed by atoms with E-state index in [0.717, 1.165) is 13.1 Å². The standard InChI is InChI=1S/C19H23ClN2O3S/c1-14-5-6-17(26-14)11-22-7-8-25-19(12-22,10-18(21)23)13-24-16-4-2-3-15(20)9-16/h2-6,9H,7-8,10-13H2,1H3,(H2,21,23)/t19-/m0/s1. The number of halogens is 1. The SMILES string of the molecule is Cc1ccc(CN2CCO[C@@](COc3cccc(Cl)c3)(CC(N)=O)C2)s1. The van der Waals surface area contributed by atoms with Crippen LogP contribution in [0.15, 0.2) is 36.4 Å². The van der Waals surface area contributed by atoms with Crippen molar-refractivity contribution in [3.63, 3.8) is 0 Å². The van der Waals surface area contributed by atoms with Crippen LogP contribution in [0.25, 0.3) is 0 Å². The molecule has 1 amide bonds. The Kier molecular flexibility index (Phi) is 6.19. The molecule has 2 heterocycles. The molecule has 0 spiro atoms. The predicted molar refractivity (Wildman–Crippen MR) is 104 cm³/mol. The Labute approximate surface area is 162 Å². The summed E-state index contributed by atoms with van der Waals surface area (Å²) in [7, 11) is 0. The van der Waals surface area contributed by atoms with E-state index >= 15 is 0 Å². The van der Waals surface area contributed by atoms with Crippen LogP contribution in [0.2, 0.25) is 5.02 Å². The number of hydrogen-bond acceptors (Lipinski definition) is 5. The molecule has 2 N–H and O–H groups in total. The normalized spacial score (nSPS) is 20.8. The Morgan fingerprint density at radius 3 is 2.96 bits per heavy atom. The molecule has 140 valence electrons. The fraction of sp³-hybridized carbons (Fsp3) is 0.421. The second-order valence-electron chi connectivity index (χ2n) is 6.64. The van der Waals surface area contributed by atoms with Crippen molar-refractivity contribution in [2.45, 2.75) is 25.5 Å². The first-order chi connectivity index (χ1) is 12.4. The van der Waals surface area contributed by atoms with Gasteiger partial charge in [-0.15, -0.1) is 11.3 Å².